The van der Waals surface area contributed by atoms with E-state index in [9.17, 15) is 4.79 Å². The SMILES string of the molecule is CCC(=O)Nc1ccc(C)c(NC(C)C2CCOC2)c1. The maximum absolute atomic E-state index is 11.5. The van der Waals surface area contributed by atoms with Crippen LogP contribution in [0.1, 0.15) is 32.3 Å². The molecule has 1 aromatic carbocycles. The summed E-state index contributed by atoms with van der Waals surface area (Å²) in [5.41, 5.74) is 3.11. The molecule has 0 spiro atoms. The van der Waals surface area contributed by atoms with E-state index < -0.39 is 0 Å². The van der Waals surface area contributed by atoms with Gasteiger partial charge in [-0.3, -0.25) is 4.79 Å². The summed E-state index contributed by atoms with van der Waals surface area (Å²) in [6, 6.07) is 6.35. The fourth-order valence-electron chi connectivity index (χ4n) is 2.41. The fourth-order valence-corrected chi connectivity index (χ4v) is 2.41. The Bertz CT molecular complexity index is 468. The van der Waals surface area contributed by atoms with Crippen LogP contribution in [0.5, 0.6) is 0 Å². The lowest BCUT2D eigenvalue weighted by molar-refractivity contribution is -0.115. The van der Waals surface area contributed by atoms with Gasteiger partial charge in [-0.1, -0.05) is 13.0 Å². The summed E-state index contributed by atoms with van der Waals surface area (Å²) in [5.74, 6) is 0.598. The van der Waals surface area contributed by atoms with E-state index in [1.54, 1.807) is 0 Å². The molecule has 1 heterocycles. The number of hydrogen-bond donors (Lipinski definition) is 2. The van der Waals surface area contributed by atoms with E-state index in [2.05, 4.69) is 24.5 Å². The predicted molar refractivity (Wildman–Crippen MR) is 82.1 cm³/mol. The number of carbonyl (C=O) groups excluding carboxylic acids is 1. The molecule has 1 saturated heterocycles. The van der Waals surface area contributed by atoms with Crippen molar-refractivity contribution in [2.24, 2.45) is 5.92 Å². The molecule has 0 radical (unpaired) electrons. The molecule has 110 valence electrons. The van der Waals surface area contributed by atoms with Crippen LogP contribution in [0.4, 0.5) is 11.4 Å². The summed E-state index contributed by atoms with van der Waals surface area (Å²) < 4.78 is 5.44. The van der Waals surface area contributed by atoms with Crippen molar-refractivity contribution < 1.29 is 9.53 Å². The molecule has 1 amide bonds. The third-order valence-corrected chi connectivity index (χ3v) is 3.90. The molecule has 2 N–H and O–H groups in total. The van der Waals surface area contributed by atoms with E-state index in [4.69, 9.17) is 4.74 Å². The smallest absolute Gasteiger partial charge is 0.224 e. The van der Waals surface area contributed by atoms with Crippen molar-refractivity contribution in [3.05, 3.63) is 23.8 Å². The molecule has 4 heteroatoms. The Balaban J connectivity index is 2.05. The zero-order valence-electron chi connectivity index (χ0n) is 12.5. The Hall–Kier alpha value is -1.55. The van der Waals surface area contributed by atoms with Gasteiger partial charge in [0, 0.05) is 36.4 Å². The van der Waals surface area contributed by atoms with Crippen LogP contribution < -0.4 is 10.6 Å². The van der Waals surface area contributed by atoms with E-state index in [-0.39, 0.29) is 5.91 Å². The Labute approximate surface area is 120 Å². The minimum atomic E-state index is 0.0389. The third-order valence-electron chi connectivity index (χ3n) is 3.90. The van der Waals surface area contributed by atoms with E-state index >= 15 is 0 Å². The normalized spacial score (nSPS) is 19.6. The number of benzene rings is 1. The summed E-state index contributed by atoms with van der Waals surface area (Å²) in [7, 11) is 0. The number of hydrogen-bond acceptors (Lipinski definition) is 3. The third kappa shape index (κ3) is 3.73. The molecule has 2 unspecified atom stereocenters. The Morgan fingerprint density at radius 3 is 2.95 bits per heavy atom. The molecule has 2 atom stereocenters. The molecule has 0 saturated carbocycles. The van der Waals surface area contributed by atoms with Crippen molar-refractivity contribution in [1.82, 2.24) is 0 Å². The number of nitrogens with one attached hydrogen (secondary N) is 2. The molecule has 0 aliphatic carbocycles. The van der Waals surface area contributed by atoms with E-state index in [0.717, 1.165) is 31.0 Å². The number of anilines is 2. The van der Waals surface area contributed by atoms with Crippen LogP contribution in [0.15, 0.2) is 18.2 Å². The van der Waals surface area contributed by atoms with Gasteiger partial charge in [-0.25, -0.2) is 0 Å². The maximum Gasteiger partial charge on any atom is 0.224 e. The van der Waals surface area contributed by atoms with Gasteiger partial charge in [0.05, 0.1) is 6.61 Å². The highest BCUT2D eigenvalue weighted by Crippen LogP contribution is 2.25. The molecular weight excluding hydrogens is 252 g/mol. The second kappa shape index (κ2) is 6.75. The molecule has 1 aliphatic heterocycles. The second-order valence-corrected chi connectivity index (χ2v) is 5.49. The predicted octanol–water partition coefficient (Wildman–Crippen LogP) is 3.18. The lowest BCUT2D eigenvalue weighted by Crippen LogP contribution is -2.26. The average Bonchev–Trinajstić information content (AvgIpc) is 2.96. The average molecular weight is 276 g/mol. The van der Waals surface area contributed by atoms with Crippen LogP contribution in [0.3, 0.4) is 0 Å². The first-order chi connectivity index (χ1) is 9.60. The first kappa shape index (κ1) is 14.9. The fraction of sp³-hybridized carbons (Fsp3) is 0.562. The molecule has 0 bridgehead atoms. The van der Waals surface area contributed by atoms with Crippen LogP contribution in [-0.4, -0.2) is 25.2 Å². The number of amides is 1. The minimum Gasteiger partial charge on any atom is -0.382 e. The van der Waals surface area contributed by atoms with Gasteiger partial charge < -0.3 is 15.4 Å². The van der Waals surface area contributed by atoms with Gasteiger partial charge in [0.25, 0.3) is 0 Å². The molecule has 1 aliphatic rings. The number of ether oxygens (including phenoxy) is 1. The van der Waals surface area contributed by atoms with Crippen LogP contribution >= 0.6 is 0 Å². The van der Waals surface area contributed by atoms with Crippen molar-refractivity contribution in [1.29, 1.82) is 0 Å². The van der Waals surface area contributed by atoms with Crippen LogP contribution in [-0.2, 0) is 9.53 Å². The van der Waals surface area contributed by atoms with Crippen molar-refractivity contribution >= 4 is 17.3 Å². The van der Waals surface area contributed by atoms with E-state index in [1.807, 2.05) is 25.1 Å². The minimum absolute atomic E-state index is 0.0389. The van der Waals surface area contributed by atoms with Gasteiger partial charge >= 0.3 is 0 Å². The van der Waals surface area contributed by atoms with Crippen molar-refractivity contribution in [2.45, 2.75) is 39.7 Å². The molecule has 4 nitrogen and oxygen atoms in total. The zero-order valence-corrected chi connectivity index (χ0v) is 12.5. The molecule has 0 aromatic heterocycles. The number of aryl methyl sites for hydroxylation is 1. The standard InChI is InChI=1S/C16H24N2O2/c1-4-16(19)18-14-6-5-11(2)15(9-14)17-12(3)13-7-8-20-10-13/h5-6,9,12-13,17H,4,7-8,10H2,1-3H3,(H,18,19). The zero-order chi connectivity index (χ0) is 14.5. The summed E-state index contributed by atoms with van der Waals surface area (Å²) >= 11 is 0. The van der Waals surface area contributed by atoms with Crippen molar-refractivity contribution in [3.8, 4) is 0 Å². The van der Waals surface area contributed by atoms with E-state index in [0.29, 0.717) is 18.4 Å². The number of carbonyl (C=O) groups is 1. The quantitative estimate of drug-likeness (QED) is 0.868. The van der Waals surface area contributed by atoms with Crippen molar-refractivity contribution in [2.75, 3.05) is 23.8 Å². The summed E-state index contributed by atoms with van der Waals surface area (Å²) in [5, 5.41) is 6.45. The van der Waals surface area contributed by atoms with Crippen molar-refractivity contribution in [3.63, 3.8) is 0 Å². The first-order valence-corrected chi connectivity index (χ1v) is 7.35. The lowest BCUT2D eigenvalue weighted by Gasteiger charge is -2.22. The van der Waals surface area contributed by atoms with Gasteiger partial charge in [0.15, 0.2) is 0 Å². The highest BCUT2D eigenvalue weighted by atomic mass is 16.5. The summed E-state index contributed by atoms with van der Waals surface area (Å²) in [6.45, 7) is 7.81. The molecule has 1 aromatic rings. The Kier molecular flexibility index (Phi) is 5.01. The van der Waals surface area contributed by atoms with Crippen LogP contribution in [0, 0.1) is 12.8 Å². The molecular formula is C16H24N2O2. The van der Waals surface area contributed by atoms with Gasteiger partial charge in [-0.15, -0.1) is 0 Å². The van der Waals surface area contributed by atoms with Gasteiger partial charge in [-0.2, -0.15) is 0 Å². The van der Waals surface area contributed by atoms with Gasteiger partial charge in [0.1, 0.15) is 0 Å². The van der Waals surface area contributed by atoms with Crippen LogP contribution in [0.2, 0.25) is 0 Å². The summed E-state index contributed by atoms with van der Waals surface area (Å²) in [6.07, 6.45) is 1.60. The number of rotatable bonds is 5. The highest BCUT2D eigenvalue weighted by molar-refractivity contribution is 5.91. The molecule has 1 fully saturated rings. The topological polar surface area (TPSA) is 50.4 Å². The monoisotopic (exact) mass is 276 g/mol. The molecule has 20 heavy (non-hydrogen) atoms. The van der Waals surface area contributed by atoms with Gasteiger partial charge in [-0.05, 0) is 38.0 Å². The highest BCUT2D eigenvalue weighted by Gasteiger charge is 2.22. The maximum atomic E-state index is 11.5. The lowest BCUT2D eigenvalue weighted by atomic mass is 10.00. The van der Waals surface area contributed by atoms with Gasteiger partial charge in [0.2, 0.25) is 5.91 Å². The summed E-state index contributed by atoms with van der Waals surface area (Å²) in [4.78, 5) is 11.5. The Morgan fingerprint density at radius 2 is 2.30 bits per heavy atom. The van der Waals surface area contributed by atoms with Crippen LogP contribution in [0.25, 0.3) is 0 Å². The van der Waals surface area contributed by atoms with E-state index in [1.165, 1.54) is 5.56 Å². The molecule has 2 rings (SSSR count). The second-order valence-electron chi connectivity index (χ2n) is 5.49. The largest absolute Gasteiger partial charge is 0.382 e. The first-order valence-electron chi connectivity index (χ1n) is 7.35. The Morgan fingerprint density at radius 1 is 1.50 bits per heavy atom.